The summed E-state index contributed by atoms with van der Waals surface area (Å²) in [6.45, 7) is 3.93. The molecule has 0 aromatic carbocycles. The molecule has 3 aromatic rings. The van der Waals surface area contributed by atoms with Gasteiger partial charge in [-0.1, -0.05) is 11.3 Å². The number of nitrogens with zero attached hydrogens (tertiary/aromatic N) is 7. The van der Waals surface area contributed by atoms with Crippen molar-refractivity contribution in [1.82, 2.24) is 34.4 Å². The van der Waals surface area contributed by atoms with E-state index in [1.807, 2.05) is 51.8 Å². The van der Waals surface area contributed by atoms with Gasteiger partial charge in [-0.25, -0.2) is 9.67 Å². The number of amides is 1. The van der Waals surface area contributed by atoms with Gasteiger partial charge in [-0.2, -0.15) is 0 Å². The summed E-state index contributed by atoms with van der Waals surface area (Å²) in [5.74, 6) is 1.04. The van der Waals surface area contributed by atoms with Crippen LogP contribution in [-0.4, -0.2) is 66.6 Å². The quantitative estimate of drug-likeness (QED) is 0.626. The van der Waals surface area contributed by atoms with Gasteiger partial charge in [-0.15, -0.1) is 5.10 Å². The molecule has 31 heavy (non-hydrogen) atoms. The number of methoxy groups -OCH3 is 1. The maximum Gasteiger partial charge on any atom is 0.242 e. The maximum atomic E-state index is 12.8. The van der Waals surface area contributed by atoms with Crippen molar-refractivity contribution in [1.29, 1.82) is 0 Å². The molecule has 0 unspecified atom stereocenters. The van der Waals surface area contributed by atoms with Crippen LogP contribution in [0.4, 0.5) is 0 Å². The summed E-state index contributed by atoms with van der Waals surface area (Å²) in [4.78, 5) is 23.2. The summed E-state index contributed by atoms with van der Waals surface area (Å²) < 4.78 is 9.61. The molecule has 0 spiro atoms. The Morgan fingerprint density at radius 3 is 2.74 bits per heavy atom. The molecule has 162 valence electrons. The van der Waals surface area contributed by atoms with Crippen LogP contribution >= 0.6 is 0 Å². The summed E-state index contributed by atoms with van der Waals surface area (Å²) in [7, 11) is 1.76. The van der Waals surface area contributed by atoms with Crippen molar-refractivity contribution in [3.63, 3.8) is 0 Å². The molecule has 2 fully saturated rings. The van der Waals surface area contributed by atoms with E-state index in [0.717, 1.165) is 42.9 Å². The minimum atomic E-state index is 0.0467. The van der Waals surface area contributed by atoms with E-state index in [2.05, 4.69) is 20.3 Å². The first kappa shape index (κ1) is 19.9. The number of aromatic nitrogens is 6. The van der Waals surface area contributed by atoms with Gasteiger partial charge in [0.25, 0.3) is 0 Å². The number of fused-ring (bicyclic) bond motifs is 1. The highest BCUT2D eigenvalue weighted by Gasteiger charge is 2.44. The van der Waals surface area contributed by atoms with Gasteiger partial charge >= 0.3 is 0 Å². The van der Waals surface area contributed by atoms with E-state index in [9.17, 15) is 4.79 Å². The van der Waals surface area contributed by atoms with E-state index in [0.29, 0.717) is 18.4 Å². The maximum absolute atomic E-state index is 12.8. The number of rotatable bonds is 5. The molecule has 9 nitrogen and oxygen atoms in total. The van der Waals surface area contributed by atoms with Crippen molar-refractivity contribution in [2.75, 3.05) is 20.2 Å². The SMILES string of the molecule is CO[C@@H]1C[C@H]2CN(C(=O)Cn3ccnc3)C[C@H]2C[C@H]1n1cc(-c2ccc(C)cn2)nn1. The van der Waals surface area contributed by atoms with Crippen LogP contribution in [0.25, 0.3) is 11.4 Å². The van der Waals surface area contributed by atoms with Crippen molar-refractivity contribution < 1.29 is 9.53 Å². The first-order valence-electron chi connectivity index (χ1n) is 10.7. The third-order valence-electron chi connectivity index (χ3n) is 6.64. The normalized spacial score (nSPS) is 25.5. The van der Waals surface area contributed by atoms with Crippen molar-refractivity contribution in [2.45, 2.75) is 38.5 Å². The molecule has 0 radical (unpaired) electrons. The van der Waals surface area contributed by atoms with Crippen LogP contribution in [0, 0.1) is 18.8 Å². The first-order valence-corrected chi connectivity index (χ1v) is 10.7. The molecule has 4 atom stereocenters. The highest BCUT2D eigenvalue weighted by Crippen LogP contribution is 2.42. The average molecular weight is 422 g/mol. The topological polar surface area (TPSA) is 91.0 Å². The predicted octanol–water partition coefficient (Wildman–Crippen LogP) is 1.97. The zero-order valence-corrected chi connectivity index (χ0v) is 17.8. The smallest absolute Gasteiger partial charge is 0.242 e. The molecule has 1 amide bonds. The van der Waals surface area contributed by atoms with Crippen LogP contribution < -0.4 is 0 Å². The van der Waals surface area contributed by atoms with Gasteiger partial charge in [0.15, 0.2) is 0 Å². The van der Waals surface area contributed by atoms with E-state index in [1.165, 1.54) is 0 Å². The molecule has 1 saturated carbocycles. The Bertz CT molecular complexity index is 1030. The highest BCUT2D eigenvalue weighted by molar-refractivity contribution is 5.76. The largest absolute Gasteiger partial charge is 0.379 e. The fourth-order valence-corrected chi connectivity index (χ4v) is 4.94. The molecule has 0 N–H and O–H groups in total. The van der Waals surface area contributed by atoms with Crippen molar-refractivity contribution in [3.8, 4) is 11.4 Å². The summed E-state index contributed by atoms with van der Waals surface area (Å²) in [5.41, 5.74) is 2.69. The monoisotopic (exact) mass is 421 g/mol. The van der Waals surface area contributed by atoms with Gasteiger partial charge < -0.3 is 14.2 Å². The van der Waals surface area contributed by atoms with E-state index in [1.54, 1.807) is 19.6 Å². The Balaban J connectivity index is 1.29. The lowest BCUT2D eigenvalue weighted by atomic mass is 9.77. The average Bonchev–Trinajstić information content (AvgIpc) is 3.53. The third kappa shape index (κ3) is 3.97. The zero-order valence-electron chi connectivity index (χ0n) is 17.8. The van der Waals surface area contributed by atoms with Gasteiger partial charge in [0.2, 0.25) is 5.91 Å². The molecule has 5 rings (SSSR count). The molecule has 1 aliphatic carbocycles. The molecular weight excluding hydrogens is 394 g/mol. The lowest BCUT2D eigenvalue weighted by Crippen LogP contribution is -2.37. The van der Waals surface area contributed by atoms with E-state index < -0.39 is 0 Å². The fourth-order valence-electron chi connectivity index (χ4n) is 4.94. The number of hydrogen-bond acceptors (Lipinski definition) is 6. The van der Waals surface area contributed by atoms with Gasteiger partial charge in [0.1, 0.15) is 12.2 Å². The number of imidazole rings is 1. The predicted molar refractivity (Wildman–Crippen MR) is 113 cm³/mol. The van der Waals surface area contributed by atoms with Gasteiger partial charge in [-0.3, -0.25) is 9.78 Å². The van der Waals surface area contributed by atoms with Crippen molar-refractivity contribution in [2.24, 2.45) is 11.8 Å². The van der Waals surface area contributed by atoms with Crippen molar-refractivity contribution >= 4 is 5.91 Å². The van der Waals surface area contributed by atoms with E-state index in [-0.39, 0.29) is 18.1 Å². The van der Waals surface area contributed by atoms with Crippen LogP contribution in [0.3, 0.4) is 0 Å². The molecular formula is C22H27N7O2. The number of aryl methyl sites for hydroxylation is 1. The lowest BCUT2D eigenvalue weighted by Gasteiger charge is -2.36. The Hall–Kier alpha value is -3.07. The van der Waals surface area contributed by atoms with Gasteiger partial charge in [-0.05, 0) is 43.2 Å². The molecule has 3 aromatic heterocycles. The molecule has 4 heterocycles. The van der Waals surface area contributed by atoms with Crippen LogP contribution in [-0.2, 0) is 16.1 Å². The Kier molecular flexibility index (Phi) is 5.27. The third-order valence-corrected chi connectivity index (χ3v) is 6.64. The number of likely N-dealkylation sites (tertiary alicyclic amines) is 1. The summed E-state index contributed by atoms with van der Waals surface area (Å²) in [6.07, 6.45) is 10.9. The second kappa shape index (κ2) is 8.22. The Labute approximate surface area is 181 Å². The first-order chi connectivity index (χ1) is 15.1. The minimum absolute atomic E-state index is 0.0467. The molecule has 1 aliphatic heterocycles. The molecule has 2 aliphatic rings. The molecule has 0 bridgehead atoms. The van der Waals surface area contributed by atoms with E-state index in [4.69, 9.17) is 4.74 Å². The van der Waals surface area contributed by atoms with Crippen LogP contribution in [0.2, 0.25) is 0 Å². The van der Waals surface area contributed by atoms with Gasteiger partial charge in [0.05, 0.1) is 30.4 Å². The summed E-state index contributed by atoms with van der Waals surface area (Å²) >= 11 is 0. The van der Waals surface area contributed by atoms with Crippen LogP contribution in [0.15, 0.2) is 43.2 Å². The second-order valence-electron chi connectivity index (χ2n) is 8.67. The summed E-state index contributed by atoms with van der Waals surface area (Å²) in [5, 5.41) is 8.76. The van der Waals surface area contributed by atoms with Crippen LogP contribution in [0.1, 0.15) is 24.4 Å². The fraction of sp³-hybridized carbons (Fsp3) is 0.500. The molecule has 9 heteroatoms. The second-order valence-corrected chi connectivity index (χ2v) is 8.67. The number of carbonyl (C=O) groups excluding carboxylic acids is 1. The Morgan fingerprint density at radius 1 is 1.19 bits per heavy atom. The van der Waals surface area contributed by atoms with Crippen LogP contribution in [0.5, 0.6) is 0 Å². The Morgan fingerprint density at radius 2 is 2.03 bits per heavy atom. The van der Waals surface area contributed by atoms with Gasteiger partial charge in [0, 0.05) is 38.8 Å². The number of carbonyl (C=O) groups is 1. The minimum Gasteiger partial charge on any atom is -0.379 e. The lowest BCUT2D eigenvalue weighted by molar-refractivity contribution is -0.131. The van der Waals surface area contributed by atoms with E-state index >= 15 is 0 Å². The molecule has 1 saturated heterocycles. The zero-order chi connectivity index (χ0) is 21.4. The summed E-state index contributed by atoms with van der Waals surface area (Å²) in [6, 6.07) is 4.09. The number of hydrogen-bond donors (Lipinski definition) is 0. The highest BCUT2D eigenvalue weighted by atomic mass is 16.5. The number of pyridine rings is 1. The van der Waals surface area contributed by atoms with Crippen molar-refractivity contribution in [3.05, 3.63) is 48.8 Å². The standard InChI is InChI=1S/C22H27N7O2/c1-15-3-4-18(24-9-15)19-12-29(26-25-19)20-7-16-10-28(11-17(16)8-21(20)31-2)22(30)13-27-6-5-23-14-27/h3-6,9,12,14,16-17,20-21H,7-8,10-11,13H2,1-2H3/t16-,17+,20-,21-/m1/s1. The number of ether oxygens (including phenoxy) is 1.